The second kappa shape index (κ2) is 30.8. The summed E-state index contributed by atoms with van der Waals surface area (Å²) < 4.78 is 63.2. The van der Waals surface area contributed by atoms with Crippen LogP contribution >= 0.6 is 78.3 Å². The fourth-order valence-corrected chi connectivity index (χ4v) is 13.1. The first kappa shape index (κ1) is 65.1. The van der Waals surface area contributed by atoms with Crippen LogP contribution in [0.1, 0.15) is 82.1 Å². The second-order valence-corrected chi connectivity index (χ2v) is 25.2. The van der Waals surface area contributed by atoms with E-state index in [0.29, 0.717) is 18.2 Å². The van der Waals surface area contributed by atoms with Crippen molar-refractivity contribution in [3.8, 4) is 0 Å². The molecule has 11 atom stereocenters. The highest BCUT2D eigenvalue weighted by Gasteiger charge is 2.61. The van der Waals surface area contributed by atoms with Crippen LogP contribution in [-0.4, -0.2) is 125 Å². The van der Waals surface area contributed by atoms with E-state index in [-0.39, 0.29) is 100 Å². The molecule has 0 radical (unpaired) electrons. The molecule has 464 valence electrons. The number of alkyl halides is 2. The Morgan fingerprint density at radius 1 is 0.427 bits per heavy atom. The van der Waals surface area contributed by atoms with Gasteiger partial charge in [-0.1, -0.05) is 242 Å². The smallest absolute Gasteiger partial charge is 0.263 e. The zero-order valence-corrected chi connectivity index (χ0v) is 54.0. The number of fused-ring (bicyclic) bond motifs is 2. The molecule has 0 N–H and O–H groups in total. The summed E-state index contributed by atoms with van der Waals surface area (Å²) >= 11 is 34.5. The predicted molar refractivity (Wildman–Crippen MR) is 343 cm³/mol. The minimum atomic E-state index is -1.74. The van der Waals surface area contributed by atoms with Gasteiger partial charge in [0, 0.05) is 16.8 Å². The van der Waals surface area contributed by atoms with Gasteiger partial charge in [0.25, 0.3) is 23.6 Å². The van der Waals surface area contributed by atoms with Crippen molar-refractivity contribution in [2.75, 3.05) is 25.2 Å². The molecule has 15 nitrogen and oxygen atoms in total. The SMILES string of the molecule is O=C1c2ccccc2C(=O)N1[C@H]1[C@H](OCCCC(Br)CBr)O[C@H](COCc2ccccc2)[C@@H](O[C@@H]2O[C@H](COCc3ccccc3)[C@@H](OCc3ccccc3)[C@H](OCc3ccccc3)[C@H]2N2C(=O)c3c(Cl)c(Cl)c(Cl)c(Cl)c3C2=O)[C@@H]1OCc1ccccc1. The number of carbonyl (C=O) groups is 4. The number of halogens is 6. The Hall–Kier alpha value is -5.42. The van der Waals surface area contributed by atoms with E-state index < -0.39 is 84.9 Å². The van der Waals surface area contributed by atoms with Crippen LogP contribution in [0.5, 0.6) is 0 Å². The van der Waals surface area contributed by atoms with E-state index in [4.69, 9.17) is 89.0 Å². The summed E-state index contributed by atoms with van der Waals surface area (Å²) in [5.41, 5.74) is 3.70. The minimum absolute atomic E-state index is 0.0148. The lowest BCUT2D eigenvalue weighted by atomic mass is 9.92. The Morgan fingerprint density at radius 3 is 1.22 bits per heavy atom. The second-order valence-electron chi connectivity index (χ2n) is 21.7. The lowest BCUT2D eigenvalue weighted by molar-refractivity contribution is -0.352. The van der Waals surface area contributed by atoms with Gasteiger partial charge in [-0.3, -0.25) is 29.0 Å². The summed E-state index contributed by atoms with van der Waals surface area (Å²) in [6, 6.07) is 50.8. The standard InChI is InChI=1S/C68H62Br2Cl4N2O13/c69-33-46(70)29-18-32-83-67-57(75-63(77)47-30-16-17-31-48(47)64(75)78)62(86-38-45-27-14-5-15-28-45)60(50(87-67)40-82-35-42-21-8-2-9-22-42)89-68-58(76-65(79)51-52(66(76)80)54(72)56(74)55(73)53(51)71)61(85-37-44-25-12-4-13-26-44)59(84-36-43-23-10-3-11-24-43)49(88-68)39-81-34-41-19-6-1-7-20-41/h1-17,19-28,30-31,46,49-50,57-62,67-68H,18,29,32-40H2/t46?,49-,50-,57-,58-,59-,60-,61-,62-,67-,68+/m1/s1. The number of imide groups is 2. The summed E-state index contributed by atoms with van der Waals surface area (Å²) in [5.74, 6) is -3.08. The van der Waals surface area contributed by atoms with Crippen LogP contribution in [0, 0.1) is 0 Å². The number of nitrogens with zero attached hydrogens (tertiary/aromatic N) is 2. The summed E-state index contributed by atoms with van der Waals surface area (Å²) in [4.78, 5) is 63.7. The molecule has 0 saturated carbocycles. The lowest BCUT2D eigenvalue weighted by Crippen LogP contribution is -2.71. The molecule has 21 heteroatoms. The molecule has 0 aliphatic carbocycles. The average molecular weight is 1420 g/mol. The number of benzene rings is 7. The highest BCUT2D eigenvalue weighted by atomic mass is 79.9. The first-order chi connectivity index (χ1) is 43.4. The van der Waals surface area contributed by atoms with Gasteiger partial charge in [-0.2, -0.15) is 0 Å². The summed E-state index contributed by atoms with van der Waals surface area (Å²) in [7, 11) is 0. The van der Waals surface area contributed by atoms with Crippen LogP contribution in [-0.2, 0) is 75.7 Å². The number of hydrogen-bond donors (Lipinski definition) is 0. The molecule has 0 spiro atoms. The predicted octanol–water partition coefficient (Wildman–Crippen LogP) is 13.9. The normalized spacial score (nSPS) is 23.7. The molecule has 7 aromatic carbocycles. The molecule has 1 unspecified atom stereocenters. The Kier molecular flexibility index (Phi) is 22.5. The monoisotopic (exact) mass is 1410 g/mol. The van der Waals surface area contributed by atoms with Crippen LogP contribution in [0.25, 0.3) is 0 Å². The maximum Gasteiger partial charge on any atom is 0.263 e. The van der Waals surface area contributed by atoms with E-state index in [1.807, 2.05) is 152 Å². The molecule has 4 amide bonds. The van der Waals surface area contributed by atoms with E-state index in [0.717, 1.165) is 37.6 Å². The number of amides is 4. The van der Waals surface area contributed by atoms with E-state index >= 15 is 19.2 Å². The molecule has 2 saturated heterocycles. The van der Waals surface area contributed by atoms with Gasteiger partial charge in [0.15, 0.2) is 12.6 Å². The van der Waals surface area contributed by atoms with Crippen LogP contribution in [0.3, 0.4) is 0 Å². The zero-order valence-electron chi connectivity index (χ0n) is 47.8. The first-order valence-corrected chi connectivity index (χ1v) is 32.6. The third-order valence-corrected chi connectivity index (χ3v) is 20.1. The van der Waals surface area contributed by atoms with Crippen LogP contribution < -0.4 is 0 Å². The summed E-state index contributed by atoms with van der Waals surface area (Å²) in [6.45, 7) is -0.0694. The maximum absolute atomic E-state index is 15.7. The van der Waals surface area contributed by atoms with Crippen molar-refractivity contribution in [2.24, 2.45) is 0 Å². The largest absolute Gasteiger partial charge is 0.374 e. The minimum Gasteiger partial charge on any atom is -0.374 e. The molecular formula is C68H62Br2Cl4N2O13. The number of hydrogen-bond acceptors (Lipinski definition) is 13. The van der Waals surface area contributed by atoms with Crippen molar-refractivity contribution in [2.45, 2.75) is 112 Å². The van der Waals surface area contributed by atoms with Crippen LogP contribution in [0.2, 0.25) is 20.1 Å². The molecule has 4 heterocycles. The van der Waals surface area contributed by atoms with E-state index in [1.165, 1.54) is 0 Å². The highest BCUT2D eigenvalue weighted by Crippen LogP contribution is 2.48. The maximum atomic E-state index is 15.7. The van der Waals surface area contributed by atoms with Gasteiger partial charge in [0.2, 0.25) is 0 Å². The third kappa shape index (κ3) is 14.9. The van der Waals surface area contributed by atoms with Gasteiger partial charge in [0.1, 0.15) is 48.7 Å². The van der Waals surface area contributed by atoms with Crippen molar-refractivity contribution < 1.29 is 61.8 Å². The quantitative estimate of drug-likeness (QED) is 0.0158. The van der Waals surface area contributed by atoms with Gasteiger partial charge < -0.3 is 42.6 Å². The zero-order chi connectivity index (χ0) is 62.0. The van der Waals surface area contributed by atoms with Gasteiger partial charge >= 0.3 is 0 Å². The molecule has 4 aliphatic rings. The van der Waals surface area contributed by atoms with Gasteiger partial charge in [-0.05, 0) is 52.8 Å². The van der Waals surface area contributed by atoms with Gasteiger partial charge in [-0.15, -0.1) is 0 Å². The fraction of sp³-hybridized carbons (Fsp3) is 0.324. The van der Waals surface area contributed by atoms with Crippen LogP contribution in [0.15, 0.2) is 176 Å². The van der Waals surface area contributed by atoms with Crippen molar-refractivity contribution in [3.05, 3.63) is 246 Å². The number of rotatable bonds is 27. The summed E-state index contributed by atoms with van der Waals surface area (Å²) in [6.07, 6.45) is -9.39. The van der Waals surface area contributed by atoms with E-state index in [9.17, 15) is 0 Å². The molecule has 7 aromatic rings. The Balaban J connectivity index is 1.08. The number of ether oxygens (including phenoxy) is 9. The Bertz CT molecular complexity index is 3470. The molecule has 2 fully saturated rings. The Labute approximate surface area is 552 Å². The molecule has 0 aromatic heterocycles. The Morgan fingerprint density at radius 2 is 0.787 bits per heavy atom. The molecule has 89 heavy (non-hydrogen) atoms. The van der Waals surface area contributed by atoms with Crippen molar-refractivity contribution in [3.63, 3.8) is 0 Å². The topological polar surface area (TPSA) is 158 Å². The average Bonchev–Trinajstić information content (AvgIpc) is 1.73. The van der Waals surface area contributed by atoms with E-state index in [2.05, 4.69) is 31.9 Å². The van der Waals surface area contributed by atoms with Crippen molar-refractivity contribution >= 4 is 102 Å². The molecular weight excluding hydrogens is 1350 g/mol. The first-order valence-electron chi connectivity index (χ1n) is 29.1. The van der Waals surface area contributed by atoms with Crippen molar-refractivity contribution in [1.29, 1.82) is 0 Å². The molecule has 11 rings (SSSR count). The number of carbonyl (C=O) groups excluding carboxylic acids is 4. The molecule has 0 bridgehead atoms. The molecule has 4 aliphatic heterocycles. The lowest BCUT2D eigenvalue weighted by Gasteiger charge is -2.52. The summed E-state index contributed by atoms with van der Waals surface area (Å²) in [5, 5.41) is -0.421. The van der Waals surface area contributed by atoms with Gasteiger partial charge in [-0.25, -0.2) is 0 Å². The fourth-order valence-electron chi connectivity index (χ4n) is 11.5. The van der Waals surface area contributed by atoms with E-state index in [1.54, 1.807) is 24.3 Å². The van der Waals surface area contributed by atoms with Gasteiger partial charge in [0.05, 0.1) is 88.6 Å². The highest BCUT2D eigenvalue weighted by molar-refractivity contribution is 9.12. The van der Waals surface area contributed by atoms with Crippen LogP contribution in [0.4, 0.5) is 0 Å². The van der Waals surface area contributed by atoms with Crippen molar-refractivity contribution in [1.82, 2.24) is 9.80 Å². The third-order valence-electron chi connectivity index (χ3n) is 15.8.